The second-order valence-corrected chi connectivity index (χ2v) is 5.46. The molecule has 0 saturated carbocycles. The highest BCUT2D eigenvalue weighted by molar-refractivity contribution is 6.15. The zero-order valence-corrected chi connectivity index (χ0v) is 12.7. The first-order valence-corrected chi connectivity index (χ1v) is 7.46. The molecule has 0 unspecified atom stereocenters. The number of ketones is 1. The van der Waals surface area contributed by atoms with Crippen molar-refractivity contribution in [1.29, 1.82) is 0 Å². The molecular weight excluding hydrogens is 286 g/mol. The molecule has 3 aromatic carbocycles. The second kappa shape index (κ2) is 5.29. The van der Waals surface area contributed by atoms with E-state index in [2.05, 4.69) is 11.1 Å². The fourth-order valence-electron chi connectivity index (χ4n) is 2.98. The summed E-state index contributed by atoms with van der Waals surface area (Å²) < 4.78 is 5.30. The van der Waals surface area contributed by atoms with Gasteiger partial charge in [0.05, 0.1) is 12.7 Å². The number of nitrogens with one attached hydrogen (secondary N) is 1. The van der Waals surface area contributed by atoms with E-state index >= 15 is 0 Å². The van der Waals surface area contributed by atoms with Crippen molar-refractivity contribution in [2.45, 2.75) is 0 Å². The first kappa shape index (κ1) is 13.6. The van der Waals surface area contributed by atoms with E-state index in [1.54, 1.807) is 19.2 Å². The Morgan fingerprint density at radius 2 is 1.61 bits per heavy atom. The van der Waals surface area contributed by atoms with Gasteiger partial charge in [0.2, 0.25) is 0 Å². The molecule has 0 aliphatic rings. The second-order valence-electron chi connectivity index (χ2n) is 5.46. The molecule has 3 nitrogen and oxygen atoms in total. The van der Waals surface area contributed by atoms with E-state index in [9.17, 15) is 4.79 Å². The van der Waals surface area contributed by atoms with Crippen LogP contribution in [-0.4, -0.2) is 17.9 Å². The number of para-hydroxylation sites is 2. The van der Waals surface area contributed by atoms with Crippen molar-refractivity contribution in [2.75, 3.05) is 7.11 Å². The number of rotatable bonds is 3. The van der Waals surface area contributed by atoms with Gasteiger partial charge < -0.3 is 9.72 Å². The molecule has 0 aliphatic carbocycles. The van der Waals surface area contributed by atoms with Gasteiger partial charge in [-0.25, -0.2) is 0 Å². The Labute approximate surface area is 133 Å². The number of benzene rings is 3. The molecule has 0 amide bonds. The van der Waals surface area contributed by atoms with Crippen LogP contribution in [0.5, 0.6) is 5.75 Å². The van der Waals surface area contributed by atoms with Crippen LogP contribution in [0.4, 0.5) is 0 Å². The Balaban J connectivity index is 1.88. The number of H-pyrrole nitrogens is 1. The zero-order chi connectivity index (χ0) is 15.8. The van der Waals surface area contributed by atoms with Crippen LogP contribution < -0.4 is 4.74 Å². The smallest absolute Gasteiger partial charge is 0.196 e. The number of aromatic nitrogens is 1. The summed E-state index contributed by atoms with van der Waals surface area (Å²) >= 11 is 0. The van der Waals surface area contributed by atoms with E-state index < -0.39 is 0 Å². The van der Waals surface area contributed by atoms with Crippen molar-refractivity contribution in [1.82, 2.24) is 4.98 Å². The summed E-state index contributed by atoms with van der Waals surface area (Å²) in [6.07, 6.45) is 0. The largest absolute Gasteiger partial charge is 0.496 e. The predicted octanol–water partition coefficient (Wildman–Crippen LogP) is 4.56. The maximum Gasteiger partial charge on any atom is 0.196 e. The third-order valence-corrected chi connectivity index (χ3v) is 4.12. The van der Waals surface area contributed by atoms with E-state index in [0.717, 1.165) is 21.8 Å². The SMILES string of the molecule is COc1ccccc1C(=O)c1ccc2[nH]c3ccccc3c2c1. The first-order chi connectivity index (χ1) is 11.3. The molecule has 4 rings (SSSR count). The van der Waals surface area contributed by atoms with Gasteiger partial charge in [-0.1, -0.05) is 30.3 Å². The summed E-state index contributed by atoms with van der Waals surface area (Å²) in [4.78, 5) is 16.2. The van der Waals surface area contributed by atoms with Gasteiger partial charge in [-0.3, -0.25) is 4.79 Å². The van der Waals surface area contributed by atoms with Crippen LogP contribution >= 0.6 is 0 Å². The molecule has 4 aromatic rings. The van der Waals surface area contributed by atoms with Gasteiger partial charge in [0, 0.05) is 27.4 Å². The molecule has 3 heteroatoms. The van der Waals surface area contributed by atoms with Gasteiger partial charge in [0.25, 0.3) is 0 Å². The molecule has 0 bridgehead atoms. The van der Waals surface area contributed by atoms with Crippen LogP contribution in [0, 0.1) is 0 Å². The average molecular weight is 301 g/mol. The van der Waals surface area contributed by atoms with Gasteiger partial charge in [-0.2, -0.15) is 0 Å². The minimum absolute atomic E-state index is 0.0327. The normalized spacial score (nSPS) is 11.0. The Hall–Kier alpha value is -3.07. The van der Waals surface area contributed by atoms with E-state index in [1.807, 2.05) is 48.5 Å². The summed E-state index contributed by atoms with van der Waals surface area (Å²) in [5.74, 6) is 0.561. The average Bonchev–Trinajstić information content (AvgIpc) is 2.99. The van der Waals surface area contributed by atoms with E-state index in [-0.39, 0.29) is 5.78 Å². The van der Waals surface area contributed by atoms with Crippen LogP contribution in [0.15, 0.2) is 66.7 Å². The number of fused-ring (bicyclic) bond motifs is 3. The lowest BCUT2D eigenvalue weighted by Gasteiger charge is -2.07. The Kier molecular flexibility index (Phi) is 3.12. The molecule has 1 heterocycles. The van der Waals surface area contributed by atoms with Gasteiger partial charge in [0.1, 0.15) is 5.75 Å². The number of methoxy groups -OCH3 is 1. The maximum atomic E-state index is 12.8. The van der Waals surface area contributed by atoms with Crippen LogP contribution in [0.2, 0.25) is 0 Å². The molecule has 1 aromatic heterocycles. The summed E-state index contributed by atoms with van der Waals surface area (Å²) in [6.45, 7) is 0. The van der Waals surface area contributed by atoms with Crippen molar-refractivity contribution in [3.05, 3.63) is 77.9 Å². The highest BCUT2D eigenvalue weighted by Gasteiger charge is 2.15. The number of ether oxygens (including phenoxy) is 1. The molecule has 0 atom stereocenters. The molecule has 1 N–H and O–H groups in total. The molecule has 23 heavy (non-hydrogen) atoms. The molecule has 0 saturated heterocycles. The predicted molar refractivity (Wildman–Crippen MR) is 92.2 cm³/mol. The van der Waals surface area contributed by atoms with Crippen molar-refractivity contribution >= 4 is 27.6 Å². The standard InChI is InChI=1S/C20H15NO2/c1-23-19-9-5-3-7-15(19)20(22)13-10-11-18-16(12-13)14-6-2-4-8-17(14)21-18/h2-12,21H,1H3. The molecule has 0 spiro atoms. The van der Waals surface area contributed by atoms with Crippen LogP contribution in [0.25, 0.3) is 21.8 Å². The Morgan fingerprint density at radius 3 is 2.48 bits per heavy atom. The molecular formula is C20H15NO2. The number of carbonyl (C=O) groups is 1. The van der Waals surface area contributed by atoms with Crippen LogP contribution in [-0.2, 0) is 0 Å². The number of aromatic amines is 1. The quantitative estimate of drug-likeness (QED) is 0.564. The third-order valence-electron chi connectivity index (χ3n) is 4.12. The summed E-state index contributed by atoms with van der Waals surface area (Å²) in [5, 5.41) is 2.18. The lowest BCUT2D eigenvalue weighted by molar-refractivity contribution is 0.103. The third kappa shape index (κ3) is 2.18. The minimum atomic E-state index is -0.0327. The topological polar surface area (TPSA) is 42.1 Å². The number of hydrogen-bond acceptors (Lipinski definition) is 2. The Morgan fingerprint density at radius 1 is 0.870 bits per heavy atom. The zero-order valence-electron chi connectivity index (χ0n) is 12.7. The monoisotopic (exact) mass is 301 g/mol. The van der Waals surface area contributed by atoms with E-state index in [4.69, 9.17) is 4.74 Å². The van der Waals surface area contributed by atoms with E-state index in [1.165, 1.54) is 0 Å². The fraction of sp³-hybridized carbons (Fsp3) is 0.0500. The summed E-state index contributed by atoms with van der Waals surface area (Å²) in [6, 6.07) is 21.2. The minimum Gasteiger partial charge on any atom is -0.496 e. The lowest BCUT2D eigenvalue weighted by atomic mass is 10.0. The van der Waals surface area contributed by atoms with E-state index in [0.29, 0.717) is 16.9 Å². The molecule has 0 aliphatic heterocycles. The summed E-state index contributed by atoms with van der Waals surface area (Å²) in [5.41, 5.74) is 3.34. The highest BCUT2D eigenvalue weighted by Crippen LogP contribution is 2.28. The van der Waals surface area contributed by atoms with Gasteiger partial charge in [-0.05, 0) is 36.4 Å². The first-order valence-electron chi connectivity index (χ1n) is 7.46. The maximum absolute atomic E-state index is 12.8. The Bertz CT molecular complexity index is 1030. The van der Waals surface area contributed by atoms with Crippen molar-refractivity contribution in [2.24, 2.45) is 0 Å². The highest BCUT2D eigenvalue weighted by atomic mass is 16.5. The van der Waals surface area contributed by atoms with Gasteiger partial charge in [-0.15, -0.1) is 0 Å². The van der Waals surface area contributed by atoms with Crippen molar-refractivity contribution < 1.29 is 9.53 Å². The van der Waals surface area contributed by atoms with Crippen LogP contribution in [0.3, 0.4) is 0 Å². The molecule has 112 valence electrons. The fourth-order valence-corrected chi connectivity index (χ4v) is 2.98. The lowest BCUT2D eigenvalue weighted by Crippen LogP contribution is -2.03. The van der Waals surface area contributed by atoms with Gasteiger partial charge >= 0.3 is 0 Å². The molecule has 0 radical (unpaired) electrons. The van der Waals surface area contributed by atoms with Crippen molar-refractivity contribution in [3.63, 3.8) is 0 Å². The van der Waals surface area contributed by atoms with Crippen molar-refractivity contribution in [3.8, 4) is 5.75 Å². The van der Waals surface area contributed by atoms with Gasteiger partial charge in [0.15, 0.2) is 5.78 Å². The van der Waals surface area contributed by atoms with Crippen LogP contribution in [0.1, 0.15) is 15.9 Å². The summed E-state index contributed by atoms with van der Waals surface area (Å²) in [7, 11) is 1.58. The number of hydrogen-bond donors (Lipinski definition) is 1. The number of carbonyl (C=O) groups excluding carboxylic acids is 1. The molecule has 0 fully saturated rings.